The lowest BCUT2D eigenvalue weighted by atomic mass is 9.97. The number of amides is 2. The third kappa shape index (κ3) is 4.43. The van der Waals surface area contributed by atoms with E-state index >= 15 is 0 Å². The van der Waals surface area contributed by atoms with E-state index in [0.29, 0.717) is 23.7 Å². The van der Waals surface area contributed by atoms with Gasteiger partial charge in [0.2, 0.25) is 0 Å². The van der Waals surface area contributed by atoms with Gasteiger partial charge >= 0.3 is 6.03 Å². The van der Waals surface area contributed by atoms with E-state index in [9.17, 15) is 4.79 Å². The van der Waals surface area contributed by atoms with Crippen molar-refractivity contribution >= 4 is 22.8 Å². The molecule has 7 nitrogen and oxygen atoms in total. The number of piperidine rings is 1. The van der Waals surface area contributed by atoms with Crippen LogP contribution in [0.25, 0.3) is 11.0 Å². The van der Waals surface area contributed by atoms with Crippen molar-refractivity contribution in [3.05, 3.63) is 54.1 Å². The predicted octanol–water partition coefficient (Wildman–Crippen LogP) is 2.99. The molecule has 4 rings (SSSR count). The van der Waals surface area contributed by atoms with Crippen molar-refractivity contribution in [2.45, 2.75) is 19.4 Å². The van der Waals surface area contributed by atoms with Crippen LogP contribution in [0.4, 0.5) is 10.5 Å². The van der Waals surface area contributed by atoms with Crippen molar-refractivity contribution in [2.24, 2.45) is 5.92 Å². The van der Waals surface area contributed by atoms with E-state index in [1.54, 1.807) is 0 Å². The molecule has 7 heteroatoms. The second-order valence-corrected chi connectivity index (χ2v) is 7.06. The number of carbonyl (C=O) groups excluding carboxylic acids is 1. The highest BCUT2D eigenvalue weighted by molar-refractivity contribution is 5.98. The molecule has 0 aliphatic carbocycles. The van der Waals surface area contributed by atoms with E-state index in [1.807, 2.05) is 24.3 Å². The summed E-state index contributed by atoms with van der Waals surface area (Å²) in [4.78, 5) is 14.8. The number of fused-ring (bicyclic) bond motifs is 1. The molecule has 2 heterocycles. The standard InChI is InChI=1S/C20H24N6O/c27-20(22-17-9-4-10-18-19(17)24-25-23-18)21-12-16-8-5-11-26(14-16)13-15-6-2-1-3-7-15/h1-4,6-7,9-10,16H,5,8,11-14H2,(H2,21,22,27)(H,23,24,25)/t16-/m1/s1. The Morgan fingerprint density at radius 2 is 2.04 bits per heavy atom. The summed E-state index contributed by atoms with van der Waals surface area (Å²) in [5.74, 6) is 0.469. The van der Waals surface area contributed by atoms with E-state index in [1.165, 1.54) is 12.0 Å². The largest absolute Gasteiger partial charge is 0.338 e. The number of anilines is 1. The van der Waals surface area contributed by atoms with Crippen molar-refractivity contribution in [2.75, 3.05) is 25.0 Å². The predicted molar refractivity (Wildman–Crippen MR) is 105 cm³/mol. The minimum absolute atomic E-state index is 0.203. The lowest BCUT2D eigenvalue weighted by molar-refractivity contribution is 0.166. The zero-order valence-corrected chi connectivity index (χ0v) is 15.2. The molecule has 1 saturated heterocycles. The maximum absolute atomic E-state index is 12.3. The first-order chi connectivity index (χ1) is 13.3. The van der Waals surface area contributed by atoms with Gasteiger partial charge < -0.3 is 10.6 Å². The zero-order chi connectivity index (χ0) is 18.5. The van der Waals surface area contributed by atoms with E-state index in [0.717, 1.165) is 31.6 Å². The van der Waals surface area contributed by atoms with Crippen LogP contribution in [0.2, 0.25) is 0 Å². The molecular weight excluding hydrogens is 340 g/mol. The Hall–Kier alpha value is -2.93. The third-order valence-corrected chi connectivity index (χ3v) is 5.00. The molecule has 2 amide bonds. The maximum Gasteiger partial charge on any atom is 0.319 e. The molecule has 1 fully saturated rings. The summed E-state index contributed by atoms with van der Waals surface area (Å²) in [6.07, 6.45) is 2.31. The Balaban J connectivity index is 1.28. The average molecular weight is 364 g/mol. The van der Waals surface area contributed by atoms with Crippen LogP contribution >= 0.6 is 0 Å². The topological polar surface area (TPSA) is 85.9 Å². The first-order valence-electron chi connectivity index (χ1n) is 9.38. The van der Waals surface area contributed by atoms with Crippen LogP contribution in [0.3, 0.4) is 0 Å². The summed E-state index contributed by atoms with van der Waals surface area (Å²) >= 11 is 0. The van der Waals surface area contributed by atoms with Gasteiger partial charge in [-0.05, 0) is 43.0 Å². The van der Waals surface area contributed by atoms with Gasteiger partial charge in [-0.1, -0.05) is 36.4 Å². The smallest absolute Gasteiger partial charge is 0.319 e. The molecule has 0 spiro atoms. The molecule has 3 N–H and O–H groups in total. The summed E-state index contributed by atoms with van der Waals surface area (Å²) in [6, 6.07) is 15.9. The van der Waals surface area contributed by atoms with Crippen LogP contribution in [0, 0.1) is 5.92 Å². The monoisotopic (exact) mass is 364 g/mol. The molecule has 27 heavy (non-hydrogen) atoms. The summed E-state index contributed by atoms with van der Waals surface area (Å²) < 4.78 is 0. The second kappa shape index (κ2) is 8.18. The van der Waals surface area contributed by atoms with Crippen LogP contribution in [0.5, 0.6) is 0 Å². The van der Waals surface area contributed by atoms with Gasteiger partial charge in [0.1, 0.15) is 11.0 Å². The van der Waals surface area contributed by atoms with E-state index < -0.39 is 0 Å². The SMILES string of the molecule is O=C(NC[C@H]1CCCN(Cc2ccccc2)C1)Nc1cccc2n[nH]nc12. The fourth-order valence-electron chi connectivity index (χ4n) is 3.68. The number of carbonyl (C=O) groups is 1. The minimum Gasteiger partial charge on any atom is -0.338 e. The highest BCUT2D eigenvalue weighted by Crippen LogP contribution is 2.20. The number of H-pyrrole nitrogens is 1. The second-order valence-electron chi connectivity index (χ2n) is 7.06. The Labute approximate surface area is 158 Å². The lowest BCUT2D eigenvalue weighted by Crippen LogP contribution is -2.41. The van der Waals surface area contributed by atoms with E-state index in [2.05, 4.69) is 55.2 Å². The van der Waals surface area contributed by atoms with Gasteiger partial charge in [0.25, 0.3) is 0 Å². The molecule has 0 bridgehead atoms. The van der Waals surface area contributed by atoms with E-state index in [4.69, 9.17) is 0 Å². The number of aromatic amines is 1. The van der Waals surface area contributed by atoms with Crippen molar-refractivity contribution in [3.8, 4) is 0 Å². The van der Waals surface area contributed by atoms with Crippen LogP contribution in [-0.4, -0.2) is 46.0 Å². The van der Waals surface area contributed by atoms with Crippen LogP contribution in [-0.2, 0) is 6.54 Å². The summed E-state index contributed by atoms with van der Waals surface area (Å²) in [7, 11) is 0. The fourth-order valence-corrected chi connectivity index (χ4v) is 3.68. The number of rotatable bonds is 5. The highest BCUT2D eigenvalue weighted by atomic mass is 16.2. The molecule has 1 aliphatic heterocycles. The van der Waals surface area contributed by atoms with Crippen LogP contribution in [0.1, 0.15) is 18.4 Å². The number of hydrogen-bond donors (Lipinski definition) is 3. The van der Waals surface area contributed by atoms with Crippen molar-refractivity contribution in [3.63, 3.8) is 0 Å². The molecule has 1 aromatic heterocycles. The molecule has 1 atom stereocenters. The number of likely N-dealkylation sites (tertiary alicyclic amines) is 1. The fraction of sp³-hybridized carbons (Fsp3) is 0.350. The molecule has 1 aliphatic rings. The molecule has 140 valence electrons. The first-order valence-corrected chi connectivity index (χ1v) is 9.38. The number of benzene rings is 2. The van der Waals surface area contributed by atoms with Gasteiger partial charge in [0.05, 0.1) is 5.69 Å². The highest BCUT2D eigenvalue weighted by Gasteiger charge is 2.20. The van der Waals surface area contributed by atoms with Crippen molar-refractivity contribution in [1.82, 2.24) is 25.6 Å². The maximum atomic E-state index is 12.3. The normalized spacial score (nSPS) is 17.7. The van der Waals surface area contributed by atoms with Gasteiger partial charge in [0.15, 0.2) is 0 Å². The van der Waals surface area contributed by atoms with Gasteiger partial charge in [0, 0.05) is 19.6 Å². The van der Waals surface area contributed by atoms with Crippen molar-refractivity contribution < 1.29 is 4.79 Å². The van der Waals surface area contributed by atoms with Crippen molar-refractivity contribution in [1.29, 1.82) is 0 Å². The number of para-hydroxylation sites is 1. The Morgan fingerprint density at radius 1 is 1.15 bits per heavy atom. The van der Waals surface area contributed by atoms with Gasteiger partial charge in [-0.25, -0.2) is 4.79 Å². The van der Waals surface area contributed by atoms with Gasteiger partial charge in [-0.2, -0.15) is 15.4 Å². The first kappa shape index (κ1) is 17.5. The Bertz CT molecular complexity index is 894. The molecule has 3 aromatic rings. The Kier molecular flexibility index (Phi) is 5.29. The molecule has 0 saturated carbocycles. The quantitative estimate of drug-likeness (QED) is 0.650. The van der Waals surface area contributed by atoms with Crippen LogP contribution < -0.4 is 10.6 Å². The number of nitrogens with zero attached hydrogens (tertiary/aromatic N) is 3. The van der Waals surface area contributed by atoms with Gasteiger partial charge in [-0.15, -0.1) is 0 Å². The average Bonchev–Trinajstić information content (AvgIpc) is 3.17. The number of hydrogen-bond acceptors (Lipinski definition) is 4. The van der Waals surface area contributed by atoms with Crippen LogP contribution in [0.15, 0.2) is 48.5 Å². The minimum atomic E-state index is -0.203. The molecular formula is C20H24N6O. The molecule has 2 aromatic carbocycles. The number of aromatic nitrogens is 3. The molecule has 0 unspecified atom stereocenters. The summed E-state index contributed by atoms with van der Waals surface area (Å²) in [5.41, 5.74) is 3.40. The number of nitrogens with one attached hydrogen (secondary N) is 3. The van der Waals surface area contributed by atoms with Gasteiger partial charge in [-0.3, -0.25) is 4.90 Å². The Morgan fingerprint density at radius 3 is 2.93 bits per heavy atom. The van der Waals surface area contributed by atoms with E-state index in [-0.39, 0.29) is 6.03 Å². The molecule has 0 radical (unpaired) electrons. The summed E-state index contributed by atoms with van der Waals surface area (Å²) in [6.45, 7) is 3.77. The zero-order valence-electron chi connectivity index (χ0n) is 15.2. The lowest BCUT2D eigenvalue weighted by Gasteiger charge is -2.32. The number of urea groups is 1. The summed E-state index contributed by atoms with van der Waals surface area (Å²) in [5, 5.41) is 16.6. The third-order valence-electron chi connectivity index (χ3n) is 5.00.